The smallest absolute Gasteiger partial charge is 0.134 e. The van der Waals surface area contributed by atoms with Crippen molar-refractivity contribution < 1.29 is 8.81 Å². The molecule has 1 atom stereocenters. The first-order valence-electron chi connectivity index (χ1n) is 6.72. The molecule has 0 aliphatic heterocycles. The van der Waals surface area contributed by atoms with E-state index in [1.807, 2.05) is 25.1 Å². The Hall–Kier alpha value is -1.65. The molecular weight excluding hydrogens is 333 g/mol. The normalized spacial score (nSPS) is 12.8. The van der Waals surface area contributed by atoms with Crippen molar-refractivity contribution in [3.05, 3.63) is 69.6 Å². The van der Waals surface area contributed by atoms with Crippen LogP contribution >= 0.6 is 15.9 Å². The highest BCUT2D eigenvalue weighted by Crippen LogP contribution is 2.28. The molecule has 3 rings (SSSR count). The van der Waals surface area contributed by atoms with Gasteiger partial charge in [0.15, 0.2) is 0 Å². The summed E-state index contributed by atoms with van der Waals surface area (Å²) in [6, 6.07) is 12.3. The van der Waals surface area contributed by atoms with Gasteiger partial charge in [0, 0.05) is 9.86 Å². The highest BCUT2D eigenvalue weighted by Gasteiger charge is 2.15. The summed E-state index contributed by atoms with van der Waals surface area (Å²) >= 11 is 3.42. The van der Waals surface area contributed by atoms with Gasteiger partial charge in [0.1, 0.15) is 17.2 Å². The molecule has 2 nitrogen and oxygen atoms in total. The average Bonchev–Trinajstić information content (AvgIpc) is 2.86. The molecule has 0 bridgehead atoms. The summed E-state index contributed by atoms with van der Waals surface area (Å²) in [6.07, 6.45) is 0.511. The Balaban J connectivity index is 1.89. The molecular formula is C17H15BrFNO. The van der Waals surface area contributed by atoms with Crippen molar-refractivity contribution in [2.45, 2.75) is 19.4 Å². The van der Waals surface area contributed by atoms with E-state index in [0.29, 0.717) is 12.2 Å². The zero-order chi connectivity index (χ0) is 15.0. The Bertz CT molecular complexity index is 797. The molecule has 0 aliphatic rings. The highest BCUT2D eigenvalue weighted by atomic mass is 79.9. The summed E-state index contributed by atoms with van der Waals surface area (Å²) < 4.78 is 20.0. The lowest BCUT2D eigenvalue weighted by atomic mass is 10.0. The van der Waals surface area contributed by atoms with Gasteiger partial charge in [0.25, 0.3) is 0 Å². The van der Waals surface area contributed by atoms with Gasteiger partial charge in [-0.05, 0) is 55.3 Å². The molecule has 0 aliphatic carbocycles. The van der Waals surface area contributed by atoms with Gasteiger partial charge in [-0.15, -0.1) is 0 Å². The van der Waals surface area contributed by atoms with Crippen LogP contribution in [-0.4, -0.2) is 0 Å². The van der Waals surface area contributed by atoms with E-state index in [4.69, 9.17) is 10.2 Å². The lowest BCUT2D eigenvalue weighted by molar-refractivity contribution is 0.493. The quantitative estimate of drug-likeness (QED) is 0.732. The fraction of sp³-hybridized carbons (Fsp3) is 0.176. The first kappa shape index (κ1) is 14.3. The molecule has 108 valence electrons. The zero-order valence-electron chi connectivity index (χ0n) is 11.6. The zero-order valence-corrected chi connectivity index (χ0v) is 13.2. The van der Waals surface area contributed by atoms with Crippen molar-refractivity contribution in [1.82, 2.24) is 0 Å². The molecule has 0 spiro atoms. The predicted molar refractivity (Wildman–Crippen MR) is 85.7 cm³/mol. The van der Waals surface area contributed by atoms with E-state index in [0.717, 1.165) is 21.0 Å². The minimum absolute atomic E-state index is 0.263. The van der Waals surface area contributed by atoms with Crippen LogP contribution in [0.1, 0.15) is 22.9 Å². The van der Waals surface area contributed by atoms with E-state index in [1.54, 1.807) is 6.07 Å². The third-order valence-corrected chi connectivity index (χ3v) is 4.28. The minimum atomic E-state index is -0.309. The third-order valence-electron chi connectivity index (χ3n) is 3.50. The van der Waals surface area contributed by atoms with Gasteiger partial charge in [-0.2, -0.15) is 0 Å². The number of rotatable bonds is 3. The van der Waals surface area contributed by atoms with Crippen molar-refractivity contribution in [3.8, 4) is 0 Å². The second kappa shape index (κ2) is 5.62. The molecule has 1 heterocycles. The van der Waals surface area contributed by atoms with Gasteiger partial charge in [0.05, 0.1) is 6.04 Å². The molecule has 0 radical (unpaired) electrons. The van der Waals surface area contributed by atoms with Crippen LogP contribution < -0.4 is 5.73 Å². The molecule has 3 aromatic rings. The molecule has 1 unspecified atom stereocenters. The second-order valence-corrected chi connectivity index (χ2v) is 6.09. The molecule has 0 saturated carbocycles. The Kier molecular flexibility index (Phi) is 3.83. The van der Waals surface area contributed by atoms with Crippen LogP contribution in [-0.2, 0) is 6.42 Å². The van der Waals surface area contributed by atoms with Gasteiger partial charge in [-0.25, -0.2) is 4.39 Å². The Morgan fingerprint density at radius 3 is 2.81 bits per heavy atom. The number of hydrogen-bond acceptors (Lipinski definition) is 2. The van der Waals surface area contributed by atoms with Crippen LogP contribution in [0.3, 0.4) is 0 Å². The summed E-state index contributed by atoms with van der Waals surface area (Å²) in [7, 11) is 0. The van der Waals surface area contributed by atoms with Gasteiger partial charge >= 0.3 is 0 Å². The largest absolute Gasteiger partial charge is 0.459 e. The lowest BCUT2D eigenvalue weighted by Gasteiger charge is -2.10. The molecule has 21 heavy (non-hydrogen) atoms. The van der Waals surface area contributed by atoms with Crippen LogP contribution in [0.4, 0.5) is 4.39 Å². The number of hydrogen-bond donors (Lipinski definition) is 1. The lowest BCUT2D eigenvalue weighted by Crippen LogP contribution is -2.12. The van der Waals surface area contributed by atoms with E-state index in [9.17, 15) is 4.39 Å². The average molecular weight is 348 g/mol. The maximum atomic E-state index is 13.3. The number of aryl methyl sites for hydroxylation is 1. The summed E-state index contributed by atoms with van der Waals surface area (Å²) in [6.45, 7) is 2.04. The third kappa shape index (κ3) is 3.01. The maximum Gasteiger partial charge on any atom is 0.134 e. The van der Waals surface area contributed by atoms with Gasteiger partial charge < -0.3 is 10.2 Å². The maximum absolute atomic E-state index is 13.3. The number of benzene rings is 2. The van der Waals surface area contributed by atoms with Crippen LogP contribution in [0.5, 0.6) is 0 Å². The van der Waals surface area contributed by atoms with Gasteiger partial charge in [-0.1, -0.05) is 27.6 Å². The van der Waals surface area contributed by atoms with E-state index in [1.165, 1.54) is 17.7 Å². The Morgan fingerprint density at radius 1 is 1.19 bits per heavy atom. The highest BCUT2D eigenvalue weighted by molar-refractivity contribution is 9.10. The molecule has 1 aromatic heterocycles. The van der Waals surface area contributed by atoms with Crippen molar-refractivity contribution in [2.75, 3.05) is 0 Å². The van der Waals surface area contributed by atoms with Crippen LogP contribution in [0.15, 0.2) is 51.4 Å². The number of fused-ring (bicyclic) bond motifs is 1. The molecule has 0 saturated heterocycles. The number of nitrogens with two attached hydrogens (primary N) is 1. The summed E-state index contributed by atoms with van der Waals surface area (Å²) in [5, 5.41) is 1.04. The van der Waals surface area contributed by atoms with Crippen molar-refractivity contribution in [1.29, 1.82) is 0 Å². The molecule has 4 heteroatoms. The topological polar surface area (TPSA) is 39.2 Å². The first-order chi connectivity index (χ1) is 10.0. The Labute approximate surface area is 130 Å². The minimum Gasteiger partial charge on any atom is -0.459 e. The molecule has 0 amide bonds. The van der Waals surface area contributed by atoms with Gasteiger partial charge in [0.2, 0.25) is 0 Å². The van der Waals surface area contributed by atoms with E-state index >= 15 is 0 Å². The summed E-state index contributed by atoms with van der Waals surface area (Å²) in [4.78, 5) is 0. The van der Waals surface area contributed by atoms with Crippen LogP contribution in [0, 0.1) is 12.7 Å². The number of furan rings is 1. The monoisotopic (exact) mass is 347 g/mol. The fourth-order valence-corrected chi connectivity index (χ4v) is 2.81. The molecule has 0 fully saturated rings. The fourth-order valence-electron chi connectivity index (χ4n) is 2.40. The Morgan fingerprint density at radius 2 is 2.00 bits per heavy atom. The van der Waals surface area contributed by atoms with E-state index in [2.05, 4.69) is 22.0 Å². The predicted octanol–water partition coefficient (Wildman–Crippen LogP) is 4.89. The summed E-state index contributed by atoms with van der Waals surface area (Å²) in [5.74, 6) is 0.451. The van der Waals surface area contributed by atoms with Gasteiger partial charge in [-0.3, -0.25) is 0 Å². The standard InChI is InChI=1S/C17H15BrFNO/c1-10-2-5-16-12(6-10)9-17(21-16)15(20)8-11-7-13(19)3-4-14(11)18/h2-7,9,15H,8,20H2,1H3. The molecule has 2 aromatic carbocycles. The SMILES string of the molecule is Cc1ccc2oc(C(N)Cc3cc(F)ccc3Br)cc2c1. The van der Waals surface area contributed by atoms with Crippen molar-refractivity contribution >= 4 is 26.9 Å². The van der Waals surface area contributed by atoms with E-state index < -0.39 is 0 Å². The summed E-state index contributed by atoms with van der Waals surface area (Å²) in [5.41, 5.74) is 9.04. The van der Waals surface area contributed by atoms with Crippen LogP contribution in [0.25, 0.3) is 11.0 Å². The second-order valence-electron chi connectivity index (χ2n) is 5.24. The number of halogens is 2. The van der Waals surface area contributed by atoms with Crippen molar-refractivity contribution in [2.24, 2.45) is 5.73 Å². The molecule has 2 N–H and O–H groups in total. The van der Waals surface area contributed by atoms with Crippen LogP contribution in [0.2, 0.25) is 0 Å². The van der Waals surface area contributed by atoms with E-state index in [-0.39, 0.29) is 11.9 Å². The van der Waals surface area contributed by atoms with Crippen molar-refractivity contribution in [3.63, 3.8) is 0 Å². The first-order valence-corrected chi connectivity index (χ1v) is 7.52.